The van der Waals surface area contributed by atoms with Crippen molar-refractivity contribution in [2.45, 2.75) is 23.6 Å². The van der Waals surface area contributed by atoms with Crippen LogP contribution in [0.3, 0.4) is 0 Å². The van der Waals surface area contributed by atoms with Gasteiger partial charge in [-0.3, -0.25) is 4.72 Å². The Morgan fingerprint density at radius 1 is 1.03 bits per heavy atom. The van der Waals surface area contributed by atoms with Crippen LogP contribution in [0.25, 0.3) is 0 Å². The second kappa shape index (κ2) is 8.83. The molecule has 2 aromatic carbocycles. The number of benzene rings is 2. The molecule has 0 bridgehead atoms. The highest BCUT2D eigenvalue weighted by atomic mass is 32.2. The van der Waals surface area contributed by atoms with Crippen molar-refractivity contribution in [2.24, 2.45) is 0 Å². The molecule has 0 unspecified atom stereocenters. The zero-order valence-corrected chi connectivity index (χ0v) is 18.0. The molecule has 31 heavy (non-hydrogen) atoms. The van der Waals surface area contributed by atoms with E-state index in [0.29, 0.717) is 25.3 Å². The predicted octanol–water partition coefficient (Wildman–Crippen LogP) is 3.61. The van der Waals surface area contributed by atoms with Gasteiger partial charge >= 0.3 is 6.18 Å². The molecule has 0 saturated carbocycles. The summed E-state index contributed by atoms with van der Waals surface area (Å²) in [5, 5.41) is 0. The molecule has 7 nitrogen and oxygen atoms in total. The fourth-order valence-corrected chi connectivity index (χ4v) is 4.35. The van der Waals surface area contributed by atoms with Crippen LogP contribution in [0.5, 0.6) is 17.2 Å². The second-order valence-electron chi connectivity index (χ2n) is 7.12. The van der Waals surface area contributed by atoms with Crippen LogP contribution in [0.1, 0.15) is 12.0 Å². The highest BCUT2D eigenvalue weighted by Crippen LogP contribution is 2.39. The summed E-state index contributed by atoms with van der Waals surface area (Å²) in [5.74, 6) is 0.126. The number of nitrogens with zero attached hydrogens (tertiary/aromatic N) is 1. The lowest BCUT2D eigenvalue weighted by molar-refractivity contribution is -0.139. The van der Waals surface area contributed by atoms with Crippen molar-refractivity contribution in [3.63, 3.8) is 0 Å². The summed E-state index contributed by atoms with van der Waals surface area (Å²) in [6, 6.07) is 6.90. The summed E-state index contributed by atoms with van der Waals surface area (Å²) < 4.78 is 83.9. The van der Waals surface area contributed by atoms with Crippen LogP contribution < -0.4 is 18.9 Å². The maximum atomic E-state index is 13.4. The molecule has 1 aliphatic heterocycles. The fourth-order valence-electron chi connectivity index (χ4n) is 3.29. The van der Waals surface area contributed by atoms with Gasteiger partial charge in [0.1, 0.15) is 11.9 Å². The van der Waals surface area contributed by atoms with E-state index >= 15 is 0 Å². The highest BCUT2D eigenvalue weighted by molar-refractivity contribution is 7.92. The van der Waals surface area contributed by atoms with Crippen LogP contribution in [0.4, 0.5) is 18.9 Å². The van der Waals surface area contributed by atoms with Gasteiger partial charge in [0.15, 0.2) is 11.5 Å². The van der Waals surface area contributed by atoms with Gasteiger partial charge in [0.25, 0.3) is 10.0 Å². The zero-order valence-electron chi connectivity index (χ0n) is 17.2. The molecular formula is C20H23F3N2O5S. The monoisotopic (exact) mass is 460 g/mol. The van der Waals surface area contributed by atoms with E-state index in [1.54, 1.807) is 0 Å². The number of alkyl halides is 3. The molecule has 0 radical (unpaired) electrons. The van der Waals surface area contributed by atoms with Crippen molar-refractivity contribution in [2.75, 3.05) is 39.1 Å². The van der Waals surface area contributed by atoms with Gasteiger partial charge in [-0.05, 0) is 37.7 Å². The van der Waals surface area contributed by atoms with Crippen LogP contribution >= 0.6 is 0 Å². The van der Waals surface area contributed by atoms with Crippen molar-refractivity contribution in [3.8, 4) is 17.2 Å². The molecule has 1 heterocycles. The number of rotatable bonds is 7. The number of hydrogen-bond donors (Lipinski definition) is 1. The first-order chi connectivity index (χ1) is 14.5. The molecule has 1 aliphatic rings. The third kappa shape index (κ3) is 5.34. The lowest BCUT2D eigenvalue weighted by Crippen LogP contribution is -2.23. The van der Waals surface area contributed by atoms with E-state index < -0.39 is 33.6 Å². The van der Waals surface area contributed by atoms with Crippen molar-refractivity contribution in [3.05, 3.63) is 42.0 Å². The van der Waals surface area contributed by atoms with Crippen molar-refractivity contribution in [1.82, 2.24) is 4.90 Å². The SMILES string of the molecule is COc1ccc(S(=O)(=O)Nc2ccc(C(F)(F)F)c(O[C@H]3CCN(C)C3)c2)cc1OC. The summed E-state index contributed by atoms with van der Waals surface area (Å²) in [5.41, 5.74) is -1.01. The quantitative estimate of drug-likeness (QED) is 0.681. The number of likely N-dealkylation sites (tertiary alicyclic amines) is 1. The van der Waals surface area contributed by atoms with Crippen molar-refractivity contribution < 1.29 is 35.8 Å². The number of likely N-dealkylation sites (N-methyl/N-ethyl adjacent to an activating group) is 1. The molecule has 0 aromatic heterocycles. The zero-order chi connectivity index (χ0) is 22.8. The number of anilines is 1. The number of methoxy groups -OCH3 is 2. The predicted molar refractivity (Wildman–Crippen MR) is 108 cm³/mol. The first-order valence-corrected chi connectivity index (χ1v) is 10.8. The second-order valence-corrected chi connectivity index (χ2v) is 8.80. The first-order valence-electron chi connectivity index (χ1n) is 9.35. The molecule has 1 saturated heterocycles. The van der Waals surface area contributed by atoms with Crippen molar-refractivity contribution >= 4 is 15.7 Å². The van der Waals surface area contributed by atoms with E-state index in [1.165, 1.54) is 32.4 Å². The normalized spacial score (nSPS) is 17.4. The van der Waals surface area contributed by atoms with E-state index in [9.17, 15) is 21.6 Å². The Kier molecular flexibility index (Phi) is 6.56. The van der Waals surface area contributed by atoms with Gasteiger partial charge in [0, 0.05) is 25.2 Å². The Bertz CT molecular complexity index is 1040. The Balaban J connectivity index is 1.91. The third-order valence-corrected chi connectivity index (χ3v) is 6.23. The van der Waals surface area contributed by atoms with Gasteiger partial charge in [-0.1, -0.05) is 0 Å². The molecular weight excluding hydrogens is 437 g/mol. The minimum absolute atomic E-state index is 0.0517. The van der Waals surface area contributed by atoms with Crippen LogP contribution in [-0.2, 0) is 16.2 Å². The fraction of sp³-hybridized carbons (Fsp3) is 0.400. The third-order valence-electron chi connectivity index (χ3n) is 4.85. The Morgan fingerprint density at radius 3 is 2.32 bits per heavy atom. The maximum absolute atomic E-state index is 13.4. The molecule has 170 valence electrons. The van der Waals surface area contributed by atoms with Gasteiger partial charge < -0.3 is 19.1 Å². The number of sulfonamides is 1. The van der Waals surface area contributed by atoms with E-state index in [0.717, 1.165) is 18.2 Å². The molecule has 3 rings (SSSR count). The highest BCUT2D eigenvalue weighted by Gasteiger charge is 2.36. The molecule has 1 fully saturated rings. The standard InChI is InChI=1S/C20H23F3N2O5S/c1-25-9-8-14(12-25)30-18-10-13(4-6-16(18)20(21,22)23)24-31(26,27)15-5-7-17(28-2)19(11-15)29-3/h4-7,10-11,14,24H,8-9,12H2,1-3H3/t14-/m0/s1. The van der Waals surface area contributed by atoms with Gasteiger partial charge in [-0.2, -0.15) is 13.2 Å². The van der Waals surface area contributed by atoms with Gasteiger partial charge in [-0.25, -0.2) is 8.42 Å². The Morgan fingerprint density at radius 2 is 1.74 bits per heavy atom. The number of nitrogens with one attached hydrogen (secondary N) is 1. The lowest BCUT2D eigenvalue weighted by Gasteiger charge is -2.19. The van der Waals surface area contributed by atoms with Gasteiger partial charge in [-0.15, -0.1) is 0 Å². The molecule has 0 amide bonds. The molecule has 11 heteroatoms. The van der Waals surface area contributed by atoms with Crippen LogP contribution in [0.15, 0.2) is 41.3 Å². The molecule has 1 N–H and O–H groups in total. The smallest absolute Gasteiger partial charge is 0.419 e. The first kappa shape index (κ1) is 23.0. The number of hydrogen-bond acceptors (Lipinski definition) is 6. The maximum Gasteiger partial charge on any atom is 0.419 e. The lowest BCUT2D eigenvalue weighted by atomic mass is 10.1. The van der Waals surface area contributed by atoms with Crippen LogP contribution in [-0.4, -0.2) is 53.8 Å². The number of ether oxygens (including phenoxy) is 3. The van der Waals surface area contributed by atoms with Crippen molar-refractivity contribution in [1.29, 1.82) is 0 Å². The summed E-state index contributed by atoms with van der Waals surface area (Å²) in [6.07, 6.45) is -4.47. The average molecular weight is 460 g/mol. The molecule has 0 aliphatic carbocycles. The van der Waals surface area contributed by atoms with Gasteiger partial charge in [0.05, 0.1) is 30.4 Å². The minimum Gasteiger partial charge on any atom is -0.493 e. The van der Waals surface area contributed by atoms with E-state index in [-0.39, 0.29) is 16.3 Å². The summed E-state index contributed by atoms with van der Waals surface area (Å²) >= 11 is 0. The molecule has 0 spiro atoms. The summed E-state index contributed by atoms with van der Waals surface area (Å²) in [4.78, 5) is 1.81. The molecule has 2 aromatic rings. The average Bonchev–Trinajstić information content (AvgIpc) is 3.10. The number of halogens is 3. The minimum atomic E-state index is -4.64. The van der Waals surface area contributed by atoms with E-state index in [2.05, 4.69) is 4.72 Å². The summed E-state index contributed by atoms with van der Waals surface area (Å²) in [6.45, 7) is 1.19. The van der Waals surface area contributed by atoms with E-state index in [4.69, 9.17) is 14.2 Å². The van der Waals surface area contributed by atoms with Crippen LogP contribution in [0, 0.1) is 0 Å². The van der Waals surface area contributed by atoms with Crippen LogP contribution in [0.2, 0.25) is 0 Å². The summed E-state index contributed by atoms with van der Waals surface area (Å²) in [7, 11) is 0.522. The topological polar surface area (TPSA) is 77.1 Å². The Hall–Kier alpha value is -2.66. The largest absolute Gasteiger partial charge is 0.493 e. The van der Waals surface area contributed by atoms with Gasteiger partial charge in [0.2, 0.25) is 0 Å². The Labute approximate surface area is 178 Å². The van der Waals surface area contributed by atoms with E-state index in [1.807, 2.05) is 11.9 Å². The molecule has 1 atom stereocenters.